The highest BCUT2D eigenvalue weighted by molar-refractivity contribution is 6.32. The van der Waals surface area contributed by atoms with Crippen LogP contribution in [0.25, 0.3) is 16.8 Å². The number of halogens is 2. The smallest absolute Gasteiger partial charge is 0.123 e. The van der Waals surface area contributed by atoms with E-state index in [0.29, 0.717) is 5.02 Å². The van der Waals surface area contributed by atoms with Crippen LogP contribution in [0.1, 0.15) is 24.1 Å². The molecule has 0 bridgehead atoms. The zero-order valence-electron chi connectivity index (χ0n) is 12.8. The standard InChI is InChI=1S/C17H16ClFN4/c1-10-15(18)7-14(11(2)20)16(12-4-3-5-13(19)6-12)17(10)23-8-21-22-9-23/h3-9,11H,20H2,1-2H3. The largest absolute Gasteiger partial charge is 0.324 e. The van der Waals surface area contributed by atoms with E-state index in [0.717, 1.165) is 27.9 Å². The molecule has 3 rings (SSSR count). The summed E-state index contributed by atoms with van der Waals surface area (Å²) in [6.07, 6.45) is 3.18. The van der Waals surface area contributed by atoms with E-state index in [9.17, 15) is 4.39 Å². The summed E-state index contributed by atoms with van der Waals surface area (Å²) in [4.78, 5) is 0. The Morgan fingerprint density at radius 3 is 2.52 bits per heavy atom. The van der Waals surface area contributed by atoms with E-state index in [1.54, 1.807) is 23.3 Å². The molecular formula is C17H16ClFN4. The van der Waals surface area contributed by atoms with Crippen molar-refractivity contribution >= 4 is 11.6 Å². The first-order valence-electron chi connectivity index (χ1n) is 7.18. The topological polar surface area (TPSA) is 56.7 Å². The molecule has 6 heteroatoms. The fourth-order valence-electron chi connectivity index (χ4n) is 2.70. The number of rotatable bonds is 3. The van der Waals surface area contributed by atoms with Crippen LogP contribution in [0.5, 0.6) is 0 Å². The Morgan fingerprint density at radius 2 is 1.91 bits per heavy atom. The molecule has 0 aliphatic rings. The summed E-state index contributed by atoms with van der Waals surface area (Å²) in [6, 6.07) is 8.01. The molecule has 0 saturated heterocycles. The lowest BCUT2D eigenvalue weighted by molar-refractivity contribution is 0.628. The quantitative estimate of drug-likeness (QED) is 0.788. The Kier molecular flexibility index (Phi) is 4.15. The van der Waals surface area contributed by atoms with E-state index in [1.165, 1.54) is 12.1 Å². The van der Waals surface area contributed by atoms with Gasteiger partial charge in [0.05, 0.1) is 5.69 Å². The zero-order valence-corrected chi connectivity index (χ0v) is 13.5. The molecule has 2 aromatic carbocycles. The molecule has 1 atom stereocenters. The summed E-state index contributed by atoms with van der Waals surface area (Å²) in [5.74, 6) is -0.305. The number of aromatic nitrogens is 3. The Hall–Kier alpha value is -2.24. The van der Waals surface area contributed by atoms with E-state index in [2.05, 4.69) is 10.2 Å². The number of nitrogens with two attached hydrogens (primary N) is 1. The minimum absolute atomic E-state index is 0.262. The molecule has 1 unspecified atom stereocenters. The highest BCUT2D eigenvalue weighted by Crippen LogP contribution is 2.39. The molecule has 0 amide bonds. The Balaban J connectivity index is 2.41. The highest BCUT2D eigenvalue weighted by Gasteiger charge is 2.20. The first kappa shape index (κ1) is 15.6. The highest BCUT2D eigenvalue weighted by atomic mass is 35.5. The molecule has 0 spiro atoms. The van der Waals surface area contributed by atoms with E-state index in [4.69, 9.17) is 17.3 Å². The van der Waals surface area contributed by atoms with Crippen LogP contribution in [0.3, 0.4) is 0 Å². The van der Waals surface area contributed by atoms with Crippen molar-refractivity contribution in [3.05, 3.63) is 65.0 Å². The lowest BCUT2D eigenvalue weighted by Gasteiger charge is -2.21. The number of hydrogen-bond acceptors (Lipinski definition) is 3. The molecule has 0 fully saturated rings. The van der Waals surface area contributed by atoms with Crippen molar-refractivity contribution in [2.24, 2.45) is 5.73 Å². The zero-order chi connectivity index (χ0) is 16.6. The summed E-state index contributed by atoms with van der Waals surface area (Å²) in [5.41, 5.74) is 10.2. The predicted molar refractivity (Wildman–Crippen MR) is 89.1 cm³/mol. The third-order valence-electron chi connectivity index (χ3n) is 3.80. The molecule has 1 aromatic heterocycles. The third kappa shape index (κ3) is 2.85. The maximum atomic E-state index is 13.8. The second kappa shape index (κ2) is 6.10. The molecule has 0 aliphatic carbocycles. The van der Waals surface area contributed by atoms with Gasteiger partial charge in [-0.1, -0.05) is 23.7 Å². The van der Waals surface area contributed by atoms with Crippen molar-refractivity contribution in [2.45, 2.75) is 19.9 Å². The van der Waals surface area contributed by atoms with Gasteiger partial charge in [-0.15, -0.1) is 10.2 Å². The average molecular weight is 331 g/mol. The summed E-state index contributed by atoms with van der Waals surface area (Å²) >= 11 is 6.39. The molecule has 3 aromatic rings. The predicted octanol–water partition coefficient (Wildman–Crippen LogP) is 4.05. The second-order valence-electron chi connectivity index (χ2n) is 5.46. The summed E-state index contributed by atoms with van der Waals surface area (Å²) in [5, 5.41) is 8.32. The van der Waals surface area contributed by atoms with Crippen LogP contribution in [0.4, 0.5) is 4.39 Å². The number of hydrogen-bond donors (Lipinski definition) is 1. The Labute approximate surface area is 138 Å². The van der Waals surface area contributed by atoms with Crippen LogP contribution in [0.15, 0.2) is 43.0 Å². The van der Waals surface area contributed by atoms with Gasteiger partial charge in [0.15, 0.2) is 0 Å². The van der Waals surface area contributed by atoms with Crippen molar-refractivity contribution in [1.29, 1.82) is 0 Å². The van der Waals surface area contributed by atoms with Gasteiger partial charge in [-0.3, -0.25) is 4.57 Å². The van der Waals surface area contributed by atoms with Crippen molar-refractivity contribution in [3.8, 4) is 16.8 Å². The average Bonchev–Trinajstić information content (AvgIpc) is 3.03. The number of benzene rings is 2. The van der Waals surface area contributed by atoms with Crippen LogP contribution in [-0.4, -0.2) is 14.8 Å². The monoisotopic (exact) mass is 330 g/mol. The molecule has 0 saturated carbocycles. The van der Waals surface area contributed by atoms with Gasteiger partial charge >= 0.3 is 0 Å². The molecule has 2 N–H and O–H groups in total. The van der Waals surface area contributed by atoms with E-state index >= 15 is 0 Å². The van der Waals surface area contributed by atoms with Gasteiger partial charge in [0.1, 0.15) is 18.5 Å². The van der Waals surface area contributed by atoms with E-state index in [-0.39, 0.29) is 11.9 Å². The molecule has 1 heterocycles. The van der Waals surface area contributed by atoms with Crippen LogP contribution in [0, 0.1) is 12.7 Å². The van der Waals surface area contributed by atoms with Gasteiger partial charge in [-0.2, -0.15) is 0 Å². The number of nitrogens with zero attached hydrogens (tertiary/aromatic N) is 3. The Bertz CT molecular complexity index is 844. The van der Waals surface area contributed by atoms with Crippen molar-refractivity contribution in [3.63, 3.8) is 0 Å². The fraction of sp³-hybridized carbons (Fsp3) is 0.176. The molecule has 23 heavy (non-hydrogen) atoms. The Morgan fingerprint density at radius 1 is 1.22 bits per heavy atom. The SMILES string of the molecule is Cc1c(Cl)cc(C(C)N)c(-c2cccc(F)c2)c1-n1cnnc1. The fourth-order valence-corrected chi connectivity index (χ4v) is 2.91. The lowest BCUT2D eigenvalue weighted by atomic mass is 9.91. The van der Waals surface area contributed by atoms with Gasteiger partial charge in [0.2, 0.25) is 0 Å². The lowest BCUT2D eigenvalue weighted by Crippen LogP contribution is -2.10. The van der Waals surface area contributed by atoms with E-state index in [1.807, 2.05) is 26.0 Å². The van der Waals surface area contributed by atoms with Gasteiger partial charge in [-0.05, 0) is 48.7 Å². The van der Waals surface area contributed by atoms with Crippen molar-refractivity contribution < 1.29 is 4.39 Å². The maximum Gasteiger partial charge on any atom is 0.123 e. The van der Waals surface area contributed by atoms with Gasteiger partial charge in [0, 0.05) is 16.6 Å². The van der Waals surface area contributed by atoms with Gasteiger partial charge in [0.25, 0.3) is 0 Å². The third-order valence-corrected chi connectivity index (χ3v) is 4.19. The van der Waals surface area contributed by atoms with Crippen LogP contribution >= 0.6 is 11.6 Å². The molecular weight excluding hydrogens is 315 g/mol. The second-order valence-corrected chi connectivity index (χ2v) is 5.87. The minimum Gasteiger partial charge on any atom is -0.324 e. The van der Waals surface area contributed by atoms with E-state index < -0.39 is 0 Å². The summed E-state index contributed by atoms with van der Waals surface area (Å²) in [7, 11) is 0. The minimum atomic E-state index is -0.305. The van der Waals surface area contributed by atoms with Gasteiger partial charge in [-0.25, -0.2) is 4.39 Å². The van der Waals surface area contributed by atoms with Crippen molar-refractivity contribution in [2.75, 3.05) is 0 Å². The maximum absolute atomic E-state index is 13.8. The molecule has 0 aliphatic heterocycles. The normalized spacial score (nSPS) is 12.4. The molecule has 118 valence electrons. The first-order valence-corrected chi connectivity index (χ1v) is 7.56. The molecule has 4 nitrogen and oxygen atoms in total. The van der Waals surface area contributed by atoms with Crippen LogP contribution < -0.4 is 5.73 Å². The van der Waals surface area contributed by atoms with Crippen molar-refractivity contribution in [1.82, 2.24) is 14.8 Å². The first-order chi connectivity index (χ1) is 11.0. The summed E-state index contributed by atoms with van der Waals surface area (Å²) < 4.78 is 15.5. The van der Waals surface area contributed by atoms with Gasteiger partial charge < -0.3 is 5.73 Å². The molecule has 0 radical (unpaired) electrons. The van der Waals surface area contributed by atoms with Crippen LogP contribution in [-0.2, 0) is 0 Å². The summed E-state index contributed by atoms with van der Waals surface area (Å²) in [6.45, 7) is 3.78. The van der Waals surface area contributed by atoms with Crippen LogP contribution in [0.2, 0.25) is 5.02 Å².